The quantitative estimate of drug-likeness (QED) is 0.290. The van der Waals surface area contributed by atoms with Gasteiger partial charge in [-0.1, -0.05) is 36.4 Å². The number of aromatic nitrogens is 2. The van der Waals surface area contributed by atoms with Gasteiger partial charge < -0.3 is 30.5 Å². The Labute approximate surface area is 239 Å². The van der Waals surface area contributed by atoms with E-state index in [2.05, 4.69) is 26.1 Å². The second-order valence-corrected chi connectivity index (χ2v) is 10.6. The summed E-state index contributed by atoms with van der Waals surface area (Å²) in [5.41, 5.74) is 2.57. The van der Waals surface area contributed by atoms with E-state index in [4.69, 9.17) is 4.74 Å². The summed E-state index contributed by atoms with van der Waals surface area (Å²) in [5.74, 6) is -0.0823. The van der Waals surface area contributed by atoms with Crippen molar-refractivity contribution >= 4 is 29.4 Å². The van der Waals surface area contributed by atoms with Crippen molar-refractivity contribution < 1.29 is 19.1 Å². The van der Waals surface area contributed by atoms with Gasteiger partial charge >= 0.3 is 6.03 Å². The highest BCUT2D eigenvalue weighted by molar-refractivity contribution is 6.07. The predicted molar refractivity (Wildman–Crippen MR) is 158 cm³/mol. The van der Waals surface area contributed by atoms with E-state index in [1.807, 2.05) is 63.2 Å². The number of carbonyl (C=O) groups excluding carboxylic acids is 3. The van der Waals surface area contributed by atoms with Gasteiger partial charge in [-0.2, -0.15) is 5.10 Å². The van der Waals surface area contributed by atoms with E-state index in [1.54, 1.807) is 36.1 Å². The lowest BCUT2D eigenvalue weighted by atomic mass is 10.0. The first kappa shape index (κ1) is 29.3. The molecule has 216 valence electrons. The van der Waals surface area contributed by atoms with E-state index in [0.717, 1.165) is 16.8 Å². The highest BCUT2D eigenvalue weighted by Crippen LogP contribution is 2.41. The molecule has 2 heterocycles. The summed E-state index contributed by atoms with van der Waals surface area (Å²) >= 11 is 0. The third-order valence-corrected chi connectivity index (χ3v) is 7.03. The number of likely N-dealkylation sites (N-methyl/N-ethyl adjacent to an activating group) is 1. The zero-order valence-corrected chi connectivity index (χ0v) is 24.2. The number of urea groups is 1. The number of nitrogens with one attached hydrogen (secondary N) is 4. The Kier molecular flexibility index (Phi) is 8.77. The van der Waals surface area contributed by atoms with Crippen molar-refractivity contribution in [2.24, 2.45) is 0 Å². The summed E-state index contributed by atoms with van der Waals surface area (Å²) in [7, 11) is 5.39. The van der Waals surface area contributed by atoms with Crippen molar-refractivity contribution in [3.63, 3.8) is 0 Å². The number of hydrogen-bond donors (Lipinski definition) is 4. The number of fused-ring (bicyclic) bond motifs is 1. The van der Waals surface area contributed by atoms with Gasteiger partial charge in [0.25, 0.3) is 5.91 Å². The molecule has 0 saturated heterocycles. The fourth-order valence-electron chi connectivity index (χ4n) is 4.92. The Balaban J connectivity index is 1.51. The standard InChI is InChI=1S/C30H37N7O4/c1-7-11-25(38)31-20-14-15-21(24(16-20)41-6)28(39)33-27-22-17-37(30(2,3)26(22)34-35-27)29(40)32-23(18-36(4)5)19-12-9-8-10-13-19/h7-16,23H,17-18H2,1-6H3,(H,31,38)(H,32,40)(H2,33,34,35,39)/b11-7+/t23-/m1/s1. The Morgan fingerprint density at radius 1 is 1.15 bits per heavy atom. The molecule has 0 aliphatic carbocycles. The summed E-state index contributed by atoms with van der Waals surface area (Å²) in [5, 5.41) is 16.1. The Morgan fingerprint density at radius 2 is 1.88 bits per heavy atom. The van der Waals surface area contributed by atoms with Crippen LogP contribution in [-0.2, 0) is 16.9 Å². The van der Waals surface area contributed by atoms with Gasteiger partial charge in [-0.25, -0.2) is 4.79 Å². The van der Waals surface area contributed by atoms with E-state index in [1.165, 1.54) is 13.2 Å². The molecule has 4 rings (SSSR count). The summed E-state index contributed by atoms with van der Waals surface area (Å²) in [4.78, 5) is 42.5. The van der Waals surface area contributed by atoms with Crippen molar-refractivity contribution in [3.8, 4) is 5.75 Å². The molecule has 1 aliphatic rings. The number of amides is 4. The first-order valence-electron chi connectivity index (χ1n) is 13.3. The molecular weight excluding hydrogens is 522 g/mol. The van der Waals surface area contributed by atoms with Crippen LogP contribution in [0.15, 0.2) is 60.7 Å². The van der Waals surface area contributed by atoms with Gasteiger partial charge in [0.05, 0.1) is 36.5 Å². The van der Waals surface area contributed by atoms with Crippen LogP contribution in [0.2, 0.25) is 0 Å². The number of nitrogens with zero attached hydrogens (tertiary/aromatic N) is 3. The van der Waals surface area contributed by atoms with Gasteiger partial charge in [0.1, 0.15) is 5.75 Å². The molecule has 11 heteroatoms. The summed E-state index contributed by atoms with van der Waals surface area (Å²) in [6, 6.07) is 14.2. The molecule has 0 unspecified atom stereocenters. The zero-order chi connectivity index (χ0) is 29.7. The van der Waals surface area contributed by atoms with E-state index in [-0.39, 0.29) is 30.1 Å². The van der Waals surface area contributed by atoms with Gasteiger partial charge in [0.15, 0.2) is 5.82 Å². The lowest BCUT2D eigenvalue weighted by molar-refractivity contribution is -0.111. The minimum Gasteiger partial charge on any atom is -0.496 e. The van der Waals surface area contributed by atoms with Crippen LogP contribution in [0.4, 0.5) is 16.3 Å². The first-order valence-corrected chi connectivity index (χ1v) is 13.3. The average molecular weight is 560 g/mol. The number of rotatable bonds is 9. The highest BCUT2D eigenvalue weighted by atomic mass is 16.5. The van der Waals surface area contributed by atoms with E-state index < -0.39 is 11.4 Å². The summed E-state index contributed by atoms with van der Waals surface area (Å²) < 4.78 is 5.42. The van der Waals surface area contributed by atoms with Crippen molar-refractivity contribution in [1.29, 1.82) is 0 Å². The van der Waals surface area contributed by atoms with Gasteiger partial charge in [-0.15, -0.1) is 0 Å². The minimum atomic E-state index is -0.695. The largest absolute Gasteiger partial charge is 0.496 e. The molecule has 41 heavy (non-hydrogen) atoms. The fourth-order valence-corrected chi connectivity index (χ4v) is 4.92. The van der Waals surface area contributed by atoms with Crippen LogP contribution in [0.1, 0.15) is 54.0 Å². The van der Waals surface area contributed by atoms with Gasteiger partial charge in [0, 0.05) is 23.9 Å². The Hall–Kier alpha value is -4.64. The molecule has 1 aliphatic heterocycles. The summed E-state index contributed by atoms with van der Waals surface area (Å²) in [6.45, 7) is 6.53. The number of carbonyl (C=O) groups is 3. The highest BCUT2D eigenvalue weighted by Gasteiger charge is 2.44. The van der Waals surface area contributed by atoms with Crippen LogP contribution in [-0.4, -0.2) is 65.6 Å². The predicted octanol–water partition coefficient (Wildman–Crippen LogP) is 4.25. The molecular formula is C30H37N7O4. The van der Waals surface area contributed by atoms with Crippen LogP contribution in [0.5, 0.6) is 5.75 Å². The molecule has 3 aromatic rings. The number of benzene rings is 2. The number of hydrogen-bond acceptors (Lipinski definition) is 6. The number of allylic oxidation sites excluding steroid dienone is 1. The molecule has 1 aromatic heterocycles. The Morgan fingerprint density at radius 3 is 2.54 bits per heavy atom. The van der Waals surface area contributed by atoms with Crippen molar-refractivity contribution in [2.75, 3.05) is 38.4 Å². The molecule has 0 spiro atoms. The second kappa shape index (κ2) is 12.3. The van der Waals surface area contributed by atoms with E-state index in [0.29, 0.717) is 23.8 Å². The Bertz CT molecular complexity index is 1450. The van der Waals surface area contributed by atoms with E-state index >= 15 is 0 Å². The monoisotopic (exact) mass is 559 g/mol. The number of H-pyrrole nitrogens is 1. The first-order chi connectivity index (χ1) is 19.5. The lowest BCUT2D eigenvalue weighted by Crippen LogP contribution is -2.48. The third-order valence-electron chi connectivity index (χ3n) is 7.03. The normalized spacial score (nSPS) is 14.6. The molecule has 4 amide bonds. The van der Waals surface area contributed by atoms with Gasteiger partial charge in [0.2, 0.25) is 5.91 Å². The van der Waals surface area contributed by atoms with Crippen LogP contribution >= 0.6 is 0 Å². The van der Waals surface area contributed by atoms with Crippen LogP contribution in [0, 0.1) is 0 Å². The van der Waals surface area contributed by atoms with Gasteiger partial charge in [-0.05, 0) is 58.6 Å². The average Bonchev–Trinajstić information content (AvgIpc) is 3.45. The lowest BCUT2D eigenvalue weighted by Gasteiger charge is -2.34. The fraction of sp³-hybridized carbons (Fsp3) is 0.333. The molecule has 0 saturated carbocycles. The maximum absolute atomic E-state index is 13.6. The van der Waals surface area contributed by atoms with Crippen molar-refractivity contribution in [3.05, 3.63) is 83.1 Å². The molecule has 0 bridgehead atoms. The maximum Gasteiger partial charge on any atom is 0.319 e. The van der Waals surface area contributed by atoms with Gasteiger partial charge in [-0.3, -0.25) is 14.7 Å². The number of ether oxygens (including phenoxy) is 1. The van der Waals surface area contributed by atoms with Crippen LogP contribution in [0.3, 0.4) is 0 Å². The molecule has 2 aromatic carbocycles. The summed E-state index contributed by atoms with van der Waals surface area (Å²) in [6.07, 6.45) is 3.04. The van der Waals surface area contributed by atoms with Crippen LogP contribution in [0.25, 0.3) is 0 Å². The number of methoxy groups -OCH3 is 1. The molecule has 0 radical (unpaired) electrons. The second-order valence-electron chi connectivity index (χ2n) is 10.6. The topological polar surface area (TPSA) is 132 Å². The van der Waals surface area contributed by atoms with E-state index in [9.17, 15) is 14.4 Å². The minimum absolute atomic E-state index is 0.205. The van der Waals surface area contributed by atoms with Crippen LogP contribution < -0.4 is 20.7 Å². The van der Waals surface area contributed by atoms with Crippen molar-refractivity contribution in [2.45, 2.75) is 38.9 Å². The third kappa shape index (κ3) is 6.41. The molecule has 0 fully saturated rings. The molecule has 1 atom stereocenters. The smallest absolute Gasteiger partial charge is 0.319 e. The number of anilines is 2. The van der Waals surface area contributed by atoms with Crippen molar-refractivity contribution in [1.82, 2.24) is 25.3 Å². The molecule has 11 nitrogen and oxygen atoms in total. The maximum atomic E-state index is 13.6. The molecule has 4 N–H and O–H groups in total. The SMILES string of the molecule is C/C=C/C(=O)Nc1ccc(C(=O)Nc2n[nH]c3c2CN(C(=O)N[C@H](CN(C)C)c2ccccc2)C3(C)C)c(OC)c1. The number of aromatic amines is 1. The zero-order valence-electron chi connectivity index (χ0n) is 24.2.